The van der Waals surface area contributed by atoms with Gasteiger partial charge in [0.05, 0.1) is 5.02 Å². The zero-order valence-corrected chi connectivity index (χ0v) is 11.2. The molecule has 1 saturated heterocycles. The van der Waals surface area contributed by atoms with Gasteiger partial charge in [-0.3, -0.25) is 4.79 Å². The van der Waals surface area contributed by atoms with Crippen LogP contribution < -0.4 is 0 Å². The average molecular weight is 289 g/mol. The number of benzene rings is 1. The number of halogens is 1. The summed E-state index contributed by atoms with van der Waals surface area (Å²) < 4.78 is 26.0. The summed E-state index contributed by atoms with van der Waals surface area (Å²) in [7, 11) is -3.57. The number of nitrogens with zero attached hydrogens (tertiary/aromatic N) is 2. The third-order valence-corrected chi connectivity index (χ3v) is 5.28. The molecule has 0 radical (unpaired) electrons. The maximum absolute atomic E-state index is 12.3. The van der Waals surface area contributed by atoms with Crippen molar-refractivity contribution < 1.29 is 13.2 Å². The van der Waals surface area contributed by atoms with Crippen molar-refractivity contribution in [1.82, 2.24) is 9.21 Å². The minimum absolute atomic E-state index is 0.117. The molecule has 1 aromatic carbocycles. The van der Waals surface area contributed by atoms with Crippen LogP contribution in [0.15, 0.2) is 29.2 Å². The predicted molar refractivity (Wildman–Crippen MR) is 67.8 cm³/mol. The van der Waals surface area contributed by atoms with Crippen LogP contribution in [-0.4, -0.2) is 50.2 Å². The summed E-state index contributed by atoms with van der Waals surface area (Å²) in [6, 6.07) is 6.37. The first-order chi connectivity index (χ1) is 8.55. The first-order valence-corrected chi connectivity index (χ1v) is 7.31. The number of sulfonamides is 1. The van der Waals surface area contributed by atoms with Gasteiger partial charge in [-0.1, -0.05) is 23.7 Å². The van der Waals surface area contributed by atoms with Crippen LogP contribution in [0.2, 0.25) is 5.02 Å². The molecule has 0 saturated carbocycles. The molecule has 1 heterocycles. The van der Waals surface area contributed by atoms with Crippen molar-refractivity contribution in [2.75, 3.05) is 26.2 Å². The number of hydrogen-bond donors (Lipinski definition) is 0. The maximum Gasteiger partial charge on any atom is 0.244 e. The van der Waals surface area contributed by atoms with Gasteiger partial charge in [-0.2, -0.15) is 4.31 Å². The minimum atomic E-state index is -3.57. The molecule has 1 aliphatic rings. The van der Waals surface area contributed by atoms with Crippen LogP contribution in [0.4, 0.5) is 0 Å². The molecule has 0 N–H and O–H groups in total. The highest BCUT2D eigenvalue weighted by atomic mass is 35.5. The van der Waals surface area contributed by atoms with Gasteiger partial charge in [-0.25, -0.2) is 8.42 Å². The minimum Gasteiger partial charge on any atom is -0.343 e. The van der Waals surface area contributed by atoms with E-state index in [1.807, 2.05) is 0 Å². The number of carbonyl (C=O) groups excluding carboxylic acids is 1. The summed E-state index contributed by atoms with van der Waals surface area (Å²) in [5, 5.41) is 0.218. The van der Waals surface area contributed by atoms with E-state index in [1.54, 1.807) is 23.1 Å². The van der Waals surface area contributed by atoms with Crippen LogP contribution in [0, 0.1) is 0 Å². The predicted octanol–water partition coefficient (Wildman–Crippen LogP) is 0.803. The average Bonchev–Trinajstić information content (AvgIpc) is 2.39. The van der Waals surface area contributed by atoms with Crippen molar-refractivity contribution in [2.24, 2.45) is 0 Å². The van der Waals surface area contributed by atoms with E-state index in [-0.39, 0.29) is 9.92 Å². The SMILES string of the molecule is O=CN1CCN(S(=O)(=O)c2ccccc2Cl)CC1. The van der Waals surface area contributed by atoms with E-state index >= 15 is 0 Å². The summed E-state index contributed by atoms with van der Waals surface area (Å²) >= 11 is 5.91. The summed E-state index contributed by atoms with van der Waals surface area (Å²) in [5.74, 6) is 0. The van der Waals surface area contributed by atoms with Crippen molar-refractivity contribution in [1.29, 1.82) is 0 Å². The molecule has 2 rings (SSSR count). The summed E-state index contributed by atoms with van der Waals surface area (Å²) in [6.45, 7) is 1.42. The standard InChI is InChI=1S/C11H13ClN2O3S/c12-10-3-1-2-4-11(10)18(16,17)14-7-5-13(9-15)6-8-14/h1-4,9H,5-8H2. The van der Waals surface area contributed by atoms with Gasteiger partial charge < -0.3 is 4.90 Å². The van der Waals surface area contributed by atoms with Crippen molar-refractivity contribution in [3.63, 3.8) is 0 Å². The molecule has 0 aliphatic carbocycles. The van der Waals surface area contributed by atoms with Crippen LogP contribution in [0.5, 0.6) is 0 Å². The fourth-order valence-electron chi connectivity index (χ4n) is 1.84. The number of rotatable bonds is 3. The molecule has 0 bridgehead atoms. The van der Waals surface area contributed by atoms with Gasteiger partial charge in [0.25, 0.3) is 0 Å². The fourth-order valence-corrected chi connectivity index (χ4v) is 3.76. The molecule has 98 valence electrons. The van der Waals surface area contributed by atoms with Crippen LogP contribution in [0.3, 0.4) is 0 Å². The van der Waals surface area contributed by atoms with Crippen molar-refractivity contribution >= 4 is 28.0 Å². The Morgan fingerprint density at radius 3 is 2.28 bits per heavy atom. The number of carbonyl (C=O) groups is 1. The lowest BCUT2D eigenvalue weighted by Gasteiger charge is -2.31. The lowest BCUT2D eigenvalue weighted by molar-refractivity contribution is -0.119. The largest absolute Gasteiger partial charge is 0.343 e. The maximum atomic E-state index is 12.3. The number of piperazine rings is 1. The molecule has 0 aromatic heterocycles. The highest BCUT2D eigenvalue weighted by molar-refractivity contribution is 7.89. The third-order valence-electron chi connectivity index (χ3n) is 2.88. The molecular weight excluding hydrogens is 276 g/mol. The Balaban J connectivity index is 2.23. The second-order valence-corrected chi connectivity index (χ2v) is 6.29. The van der Waals surface area contributed by atoms with E-state index in [0.717, 1.165) is 6.41 Å². The second-order valence-electron chi connectivity index (χ2n) is 3.98. The Bertz CT molecular complexity index is 539. The Hall–Kier alpha value is -1.11. The molecule has 1 aromatic rings. The van der Waals surface area contributed by atoms with Gasteiger partial charge in [0.15, 0.2) is 0 Å². The van der Waals surface area contributed by atoms with Crippen LogP contribution in [0.25, 0.3) is 0 Å². The normalized spacial score (nSPS) is 17.7. The third kappa shape index (κ3) is 2.50. The smallest absolute Gasteiger partial charge is 0.244 e. The zero-order chi connectivity index (χ0) is 13.2. The quantitative estimate of drug-likeness (QED) is 0.773. The first-order valence-electron chi connectivity index (χ1n) is 5.50. The second kappa shape index (κ2) is 5.26. The van der Waals surface area contributed by atoms with E-state index in [4.69, 9.17) is 11.6 Å². The van der Waals surface area contributed by atoms with Gasteiger partial charge in [-0.05, 0) is 12.1 Å². The summed E-state index contributed by atoms with van der Waals surface area (Å²) in [4.78, 5) is 12.2. The van der Waals surface area contributed by atoms with Gasteiger partial charge in [0.2, 0.25) is 16.4 Å². The Kier molecular flexibility index (Phi) is 3.89. The molecule has 0 unspecified atom stereocenters. The molecule has 1 amide bonds. The van der Waals surface area contributed by atoms with Crippen molar-refractivity contribution in [3.8, 4) is 0 Å². The molecule has 1 fully saturated rings. The van der Waals surface area contributed by atoms with E-state index in [9.17, 15) is 13.2 Å². The molecule has 1 aliphatic heterocycles. The summed E-state index contributed by atoms with van der Waals surface area (Å²) in [6.07, 6.45) is 0.736. The van der Waals surface area contributed by atoms with Gasteiger partial charge in [-0.15, -0.1) is 0 Å². The van der Waals surface area contributed by atoms with E-state index in [2.05, 4.69) is 0 Å². The number of hydrogen-bond acceptors (Lipinski definition) is 3. The Morgan fingerprint density at radius 2 is 1.72 bits per heavy atom. The van der Waals surface area contributed by atoms with Crippen molar-refractivity contribution in [3.05, 3.63) is 29.3 Å². The molecule has 0 spiro atoms. The molecule has 18 heavy (non-hydrogen) atoms. The lowest BCUT2D eigenvalue weighted by atomic mass is 10.4. The van der Waals surface area contributed by atoms with Gasteiger partial charge >= 0.3 is 0 Å². The van der Waals surface area contributed by atoms with Crippen LogP contribution in [0.1, 0.15) is 0 Å². The van der Waals surface area contributed by atoms with Crippen molar-refractivity contribution in [2.45, 2.75) is 4.90 Å². The topological polar surface area (TPSA) is 57.7 Å². The van der Waals surface area contributed by atoms with Gasteiger partial charge in [0.1, 0.15) is 4.90 Å². The zero-order valence-electron chi connectivity index (χ0n) is 9.62. The van der Waals surface area contributed by atoms with Gasteiger partial charge in [0, 0.05) is 26.2 Å². The Morgan fingerprint density at radius 1 is 1.11 bits per heavy atom. The molecule has 5 nitrogen and oxygen atoms in total. The van der Waals surface area contributed by atoms with E-state index in [1.165, 1.54) is 10.4 Å². The van der Waals surface area contributed by atoms with E-state index in [0.29, 0.717) is 26.2 Å². The fraction of sp³-hybridized carbons (Fsp3) is 0.364. The molecule has 0 atom stereocenters. The molecule has 7 heteroatoms. The first kappa shape index (κ1) is 13.3. The van der Waals surface area contributed by atoms with E-state index < -0.39 is 10.0 Å². The monoisotopic (exact) mass is 288 g/mol. The highest BCUT2D eigenvalue weighted by Gasteiger charge is 2.29. The highest BCUT2D eigenvalue weighted by Crippen LogP contribution is 2.24. The summed E-state index contributed by atoms with van der Waals surface area (Å²) in [5.41, 5.74) is 0. The Labute approximate surface area is 111 Å². The van der Waals surface area contributed by atoms with Crippen LogP contribution >= 0.6 is 11.6 Å². The van der Waals surface area contributed by atoms with Crippen LogP contribution in [-0.2, 0) is 14.8 Å². The number of amides is 1. The molecular formula is C11H13ClN2O3S. The lowest BCUT2D eigenvalue weighted by Crippen LogP contribution is -2.48.